The number of pyridine rings is 1. The average molecular weight is 641 g/mol. The molecule has 1 aliphatic rings. The van der Waals surface area contributed by atoms with E-state index in [0.717, 1.165) is 30.5 Å². The Morgan fingerprint density at radius 2 is 1.76 bits per heavy atom. The number of carbonyl (C=O) groups excluding carboxylic acids is 2. The van der Waals surface area contributed by atoms with Crippen LogP contribution in [0.15, 0.2) is 71.1 Å². The van der Waals surface area contributed by atoms with Gasteiger partial charge in [0.25, 0.3) is 0 Å². The summed E-state index contributed by atoms with van der Waals surface area (Å²) in [6, 6.07) is 19.1. The topological polar surface area (TPSA) is 116 Å². The molecule has 0 bridgehead atoms. The summed E-state index contributed by atoms with van der Waals surface area (Å²) in [5.74, 6) is -0.766. The summed E-state index contributed by atoms with van der Waals surface area (Å²) in [5.41, 5.74) is 4.32. The van der Waals surface area contributed by atoms with Crippen molar-refractivity contribution in [2.45, 2.75) is 52.2 Å². The van der Waals surface area contributed by atoms with Crippen LogP contribution in [0.25, 0.3) is 21.9 Å². The maximum Gasteiger partial charge on any atom is 0.348 e. The summed E-state index contributed by atoms with van der Waals surface area (Å²) in [4.78, 5) is 33.1. The molecule has 0 radical (unpaired) electrons. The number of benzene rings is 2. The van der Waals surface area contributed by atoms with Crippen LogP contribution in [0.3, 0.4) is 0 Å². The number of hydrogen-bond acceptors (Lipinski definition) is 10. The second kappa shape index (κ2) is 14.1. The minimum absolute atomic E-state index is 0.133. The highest BCUT2D eigenvalue weighted by Crippen LogP contribution is 2.44. The van der Waals surface area contributed by atoms with Crippen molar-refractivity contribution < 1.29 is 27.9 Å². The second-order valence-corrected chi connectivity index (χ2v) is 12.0. The van der Waals surface area contributed by atoms with Crippen molar-refractivity contribution in [3.63, 3.8) is 0 Å². The molecule has 1 fully saturated rings. The van der Waals surface area contributed by atoms with Crippen LogP contribution in [0.4, 0.5) is 4.39 Å². The van der Waals surface area contributed by atoms with E-state index in [-0.39, 0.29) is 31.0 Å². The lowest BCUT2D eigenvalue weighted by atomic mass is 9.91. The lowest BCUT2D eigenvalue weighted by Gasteiger charge is -2.22. The molecular weight excluding hydrogens is 607 g/mol. The number of thiophene rings is 1. The number of nitrogens with one attached hydrogen (secondary N) is 1. The Morgan fingerprint density at radius 3 is 2.46 bits per heavy atom. The molecule has 1 aliphatic heterocycles. The molecule has 236 valence electrons. The highest BCUT2D eigenvalue weighted by atomic mass is 32.1. The molecular formula is C35H33FN4O5S. The molecule has 0 aliphatic carbocycles. The second-order valence-electron chi connectivity index (χ2n) is 10.9. The van der Waals surface area contributed by atoms with Crippen molar-refractivity contribution in [3.05, 3.63) is 111 Å². The minimum Gasteiger partial charge on any atom is -0.462 e. The van der Waals surface area contributed by atoms with Crippen LogP contribution in [0.1, 0.15) is 74.2 Å². The molecule has 1 atom stereocenters. The highest BCUT2D eigenvalue weighted by molar-refractivity contribution is 7.17. The molecule has 9 nitrogen and oxygen atoms in total. The number of nitrogens with zero attached hydrogens (tertiary/aromatic N) is 3. The van der Waals surface area contributed by atoms with E-state index in [9.17, 15) is 14.0 Å². The van der Waals surface area contributed by atoms with Gasteiger partial charge in [-0.3, -0.25) is 4.98 Å². The van der Waals surface area contributed by atoms with E-state index in [2.05, 4.69) is 15.5 Å². The fraction of sp³-hybridized carbons (Fsp3) is 0.286. The van der Waals surface area contributed by atoms with Crippen molar-refractivity contribution in [3.8, 4) is 21.9 Å². The van der Waals surface area contributed by atoms with Crippen LogP contribution in [0, 0.1) is 12.7 Å². The normalized spacial score (nSPS) is 14.4. The lowest BCUT2D eigenvalue weighted by molar-refractivity contribution is 0.0477. The zero-order valence-electron chi connectivity index (χ0n) is 25.5. The fourth-order valence-corrected chi connectivity index (χ4v) is 6.54. The molecule has 6 rings (SSSR count). The van der Waals surface area contributed by atoms with Crippen LogP contribution in [-0.4, -0.2) is 40.3 Å². The summed E-state index contributed by atoms with van der Waals surface area (Å²) in [6.45, 7) is 4.53. The Hall–Kier alpha value is -4.74. The predicted octanol–water partition coefficient (Wildman–Crippen LogP) is 7.05. The molecule has 4 heterocycles. The van der Waals surface area contributed by atoms with E-state index in [0.29, 0.717) is 56.6 Å². The van der Waals surface area contributed by atoms with Gasteiger partial charge in [-0.2, -0.15) is 0 Å². The molecule has 0 unspecified atom stereocenters. The van der Waals surface area contributed by atoms with Crippen LogP contribution >= 0.6 is 11.3 Å². The van der Waals surface area contributed by atoms with Crippen molar-refractivity contribution in [2.24, 2.45) is 0 Å². The van der Waals surface area contributed by atoms with Gasteiger partial charge in [0, 0.05) is 17.4 Å². The van der Waals surface area contributed by atoms with Gasteiger partial charge in [-0.25, -0.2) is 14.0 Å². The van der Waals surface area contributed by atoms with Gasteiger partial charge in [0.05, 0.1) is 35.2 Å². The molecule has 2 aromatic carbocycles. The summed E-state index contributed by atoms with van der Waals surface area (Å²) in [7, 11) is 0. The summed E-state index contributed by atoms with van der Waals surface area (Å²) >= 11 is 1.21. The molecule has 3 aromatic heterocycles. The minimum atomic E-state index is -0.530. The zero-order chi connectivity index (χ0) is 32.0. The van der Waals surface area contributed by atoms with E-state index in [1.165, 1.54) is 23.5 Å². The third-order valence-electron chi connectivity index (χ3n) is 7.74. The van der Waals surface area contributed by atoms with Crippen LogP contribution < -0.4 is 5.32 Å². The molecule has 1 saturated heterocycles. The molecule has 0 saturated carbocycles. The fourth-order valence-electron chi connectivity index (χ4n) is 5.58. The Bertz CT molecular complexity index is 1830. The quantitative estimate of drug-likeness (QED) is 0.152. The first-order chi connectivity index (χ1) is 22.4. The monoisotopic (exact) mass is 640 g/mol. The number of aryl methyl sites for hydroxylation is 3. The Kier molecular flexibility index (Phi) is 9.60. The highest BCUT2D eigenvalue weighted by Gasteiger charge is 2.34. The molecule has 11 heteroatoms. The van der Waals surface area contributed by atoms with Gasteiger partial charge >= 0.3 is 11.9 Å². The maximum atomic E-state index is 13.8. The van der Waals surface area contributed by atoms with Gasteiger partial charge in [0.15, 0.2) is 0 Å². The number of carbonyl (C=O) groups is 2. The molecule has 1 N–H and O–H groups in total. The largest absolute Gasteiger partial charge is 0.462 e. The number of ether oxygens (including phenoxy) is 2. The molecule has 46 heavy (non-hydrogen) atoms. The van der Waals surface area contributed by atoms with Gasteiger partial charge in [-0.15, -0.1) is 21.5 Å². The third-order valence-corrected chi connectivity index (χ3v) is 8.82. The summed E-state index contributed by atoms with van der Waals surface area (Å²) in [6.07, 6.45) is 2.70. The van der Waals surface area contributed by atoms with Crippen LogP contribution in [-0.2, 0) is 28.9 Å². The van der Waals surface area contributed by atoms with E-state index < -0.39 is 11.9 Å². The van der Waals surface area contributed by atoms with Crippen LogP contribution in [0.2, 0.25) is 0 Å². The number of hydrogen-bond donors (Lipinski definition) is 1. The van der Waals surface area contributed by atoms with Gasteiger partial charge in [0.2, 0.25) is 11.8 Å². The zero-order valence-corrected chi connectivity index (χ0v) is 26.4. The Morgan fingerprint density at radius 1 is 0.957 bits per heavy atom. The van der Waals surface area contributed by atoms with E-state index in [1.54, 1.807) is 38.1 Å². The summed E-state index contributed by atoms with van der Waals surface area (Å²) in [5, 5.41) is 11.9. The summed E-state index contributed by atoms with van der Waals surface area (Å²) < 4.78 is 30.9. The van der Waals surface area contributed by atoms with Crippen molar-refractivity contribution in [2.75, 3.05) is 13.2 Å². The number of esters is 2. The first-order valence-corrected chi connectivity index (χ1v) is 16.1. The van der Waals surface area contributed by atoms with Crippen molar-refractivity contribution >= 4 is 23.3 Å². The van der Waals surface area contributed by atoms with Crippen molar-refractivity contribution in [1.82, 2.24) is 20.5 Å². The van der Waals surface area contributed by atoms with E-state index >= 15 is 0 Å². The Labute approximate surface area is 269 Å². The average Bonchev–Trinajstić information content (AvgIpc) is 3.86. The third kappa shape index (κ3) is 6.90. The first kappa shape index (κ1) is 31.3. The van der Waals surface area contributed by atoms with Gasteiger partial charge < -0.3 is 19.2 Å². The van der Waals surface area contributed by atoms with Gasteiger partial charge in [-0.1, -0.05) is 42.5 Å². The molecule has 5 aromatic rings. The smallest absolute Gasteiger partial charge is 0.348 e. The first-order valence-electron chi connectivity index (χ1n) is 15.2. The standard InChI is InChI=1S/C35H33FN4O5S/c1-3-43-35(42)31-30(27-17-18-28(46-27)34(41)44-20-23-8-5-4-6-9-23)29(33-40-39-21(2)45-33)25(38-32(31)26-10-7-19-37-26)16-13-22-11-14-24(36)15-12-22/h4-6,8-9,11-12,14-15,17-18,26,37H,3,7,10,13,16,19-20H2,1-2H3/t26-/m0/s1. The Balaban J connectivity index is 1.50. The molecule has 0 spiro atoms. The number of halogens is 1. The maximum absolute atomic E-state index is 13.8. The van der Waals surface area contributed by atoms with E-state index in [4.69, 9.17) is 18.9 Å². The predicted molar refractivity (Wildman–Crippen MR) is 171 cm³/mol. The van der Waals surface area contributed by atoms with Gasteiger partial charge in [0.1, 0.15) is 17.3 Å². The van der Waals surface area contributed by atoms with E-state index in [1.807, 2.05) is 30.3 Å². The molecule has 0 amide bonds. The lowest BCUT2D eigenvalue weighted by Crippen LogP contribution is -2.22. The number of aromatic nitrogens is 3. The van der Waals surface area contributed by atoms with Crippen molar-refractivity contribution in [1.29, 1.82) is 0 Å². The van der Waals surface area contributed by atoms with Crippen LogP contribution in [0.5, 0.6) is 0 Å². The SMILES string of the molecule is CCOC(=O)c1c([C@@H]2CCCN2)nc(CCc2ccc(F)cc2)c(-c2nnc(C)o2)c1-c1ccc(C(=O)OCc2ccccc2)s1. The number of rotatable bonds is 11. The van der Waals surface area contributed by atoms with Gasteiger partial charge in [-0.05, 0) is 74.5 Å².